The van der Waals surface area contributed by atoms with Gasteiger partial charge in [-0.15, -0.1) is 11.8 Å². The number of amides is 1. The Kier molecular flexibility index (Phi) is 8.31. The quantitative estimate of drug-likeness (QED) is 0.374. The Bertz CT molecular complexity index is 928. The van der Waals surface area contributed by atoms with Crippen molar-refractivity contribution in [3.8, 4) is 0 Å². The predicted octanol–water partition coefficient (Wildman–Crippen LogP) is 5.77. The van der Waals surface area contributed by atoms with Gasteiger partial charge in [-0.2, -0.15) is 0 Å². The van der Waals surface area contributed by atoms with Crippen LogP contribution in [0.4, 0.5) is 5.13 Å². The second-order valence-electron chi connectivity index (χ2n) is 7.38. The minimum Gasteiger partial charge on any atom is -0.302 e. The first-order valence-corrected chi connectivity index (χ1v) is 12.4. The van der Waals surface area contributed by atoms with Crippen LogP contribution in [0, 0.1) is 13.8 Å². The number of thiazole rings is 1. The number of carbonyl (C=O) groups is 1. The Morgan fingerprint density at radius 3 is 2.43 bits per heavy atom. The van der Waals surface area contributed by atoms with Gasteiger partial charge in [0, 0.05) is 30.2 Å². The number of likely N-dealkylation sites (N-methyl/N-ethyl adjacent to an activating group) is 1. The highest BCUT2D eigenvalue weighted by Gasteiger charge is 2.20. The maximum atomic E-state index is 13.2. The zero-order chi connectivity index (χ0) is 21.5. The van der Waals surface area contributed by atoms with Crippen molar-refractivity contribution in [1.29, 1.82) is 0 Å². The van der Waals surface area contributed by atoms with Gasteiger partial charge >= 0.3 is 0 Å². The van der Waals surface area contributed by atoms with Crippen molar-refractivity contribution in [1.82, 2.24) is 9.88 Å². The van der Waals surface area contributed by atoms with Crippen LogP contribution in [0.3, 0.4) is 0 Å². The smallest absolute Gasteiger partial charge is 0.229 e. The number of thioether (sulfide) groups is 1. The summed E-state index contributed by atoms with van der Waals surface area (Å²) in [6.07, 6.45) is 0.506. The molecule has 160 valence electrons. The first-order chi connectivity index (χ1) is 14.5. The average molecular weight is 442 g/mol. The Balaban J connectivity index is 1.76. The second-order valence-corrected chi connectivity index (χ2v) is 9.56. The summed E-state index contributed by atoms with van der Waals surface area (Å²) in [5, 5.41) is 0.817. The van der Waals surface area contributed by atoms with Gasteiger partial charge in [-0.25, -0.2) is 4.98 Å². The van der Waals surface area contributed by atoms with E-state index in [2.05, 4.69) is 56.9 Å². The predicted molar refractivity (Wildman–Crippen MR) is 131 cm³/mol. The molecule has 0 atom stereocenters. The van der Waals surface area contributed by atoms with Gasteiger partial charge in [-0.05, 0) is 62.3 Å². The van der Waals surface area contributed by atoms with E-state index < -0.39 is 0 Å². The summed E-state index contributed by atoms with van der Waals surface area (Å²) in [7, 11) is 0. The van der Waals surface area contributed by atoms with E-state index in [4.69, 9.17) is 4.98 Å². The molecule has 0 radical (unpaired) electrons. The average Bonchev–Trinajstić information content (AvgIpc) is 3.14. The molecule has 0 spiro atoms. The number of anilines is 1. The number of aryl methyl sites for hydroxylation is 2. The largest absolute Gasteiger partial charge is 0.302 e. The molecule has 0 fully saturated rings. The van der Waals surface area contributed by atoms with Gasteiger partial charge in [-0.1, -0.05) is 43.4 Å². The van der Waals surface area contributed by atoms with Crippen LogP contribution >= 0.6 is 23.1 Å². The topological polar surface area (TPSA) is 36.4 Å². The number of nitrogens with zero attached hydrogens (tertiary/aromatic N) is 3. The van der Waals surface area contributed by atoms with Crippen molar-refractivity contribution < 1.29 is 4.79 Å². The number of benzene rings is 2. The van der Waals surface area contributed by atoms with Gasteiger partial charge in [0.05, 0.1) is 10.2 Å². The van der Waals surface area contributed by atoms with E-state index in [9.17, 15) is 4.79 Å². The third-order valence-corrected chi connectivity index (χ3v) is 7.44. The number of hydrogen-bond acceptors (Lipinski definition) is 5. The SMILES string of the molecule is CCN(CC)CCN(C(=O)CCSc1ccccc1)c1nc2cc(C)c(C)cc2s1. The molecular weight excluding hydrogens is 410 g/mol. The van der Waals surface area contributed by atoms with E-state index >= 15 is 0 Å². The van der Waals surface area contributed by atoms with Crippen LogP contribution in [0.15, 0.2) is 47.4 Å². The molecule has 0 saturated heterocycles. The maximum absolute atomic E-state index is 13.2. The molecule has 6 heteroatoms. The Morgan fingerprint density at radius 2 is 1.73 bits per heavy atom. The zero-order valence-electron chi connectivity index (χ0n) is 18.4. The number of aromatic nitrogens is 1. The first-order valence-electron chi connectivity index (χ1n) is 10.6. The van der Waals surface area contributed by atoms with Crippen molar-refractivity contribution in [3.63, 3.8) is 0 Å². The van der Waals surface area contributed by atoms with E-state index in [-0.39, 0.29) is 5.91 Å². The molecule has 0 aliphatic carbocycles. The van der Waals surface area contributed by atoms with Crippen LogP contribution in [0.5, 0.6) is 0 Å². The molecule has 0 N–H and O–H groups in total. The summed E-state index contributed by atoms with van der Waals surface area (Å²) in [5.74, 6) is 0.923. The van der Waals surface area contributed by atoms with Gasteiger partial charge in [-0.3, -0.25) is 9.69 Å². The fourth-order valence-corrected chi connectivity index (χ4v) is 5.25. The normalized spacial score (nSPS) is 11.4. The summed E-state index contributed by atoms with van der Waals surface area (Å²) < 4.78 is 1.15. The highest BCUT2D eigenvalue weighted by atomic mass is 32.2. The Hall–Kier alpha value is -1.89. The highest BCUT2D eigenvalue weighted by Crippen LogP contribution is 2.31. The van der Waals surface area contributed by atoms with Gasteiger partial charge in [0.25, 0.3) is 0 Å². The number of rotatable bonds is 10. The van der Waals surface area contributed by atoms with E-state index in [0.717, 1.165) is 40.7 Å². The third-order valence-electron chi connectivity index (χ3n) is 5.39. The Morgan fingerprint density at radius 1 is 1.03 bits per heavy atom. The molecule has 0 unspecified atom stereocenters. The van der Waals surface area contributed by atoms with E-state index in [1.807, 2.05) is 23.1 Å². The van der Waals surface area contributed by atoms with Crippen LogP contribution in [-0.2, 0) is 4.79 Å². The van der Waals surface area contributed by atoms with Crippen LogP contribution in [-0.4, -0.2) is 47.7 Å². The lowest BCUT2D eigenvalue weighted by Crippen LogP contribution is -2.39. The monoisotopic (exact) mass is 441 g/mol. The van der Waals surface area contributed by atoms with Gasteiger partial charge < -0.3 is 4.90 Å². The van der Waals surface area contributed by atoms with Gasteiger partial charge in [0.1, 0.15) is 0 Å². The molecule has 0 saturated carbocycles. The molecular formula is C24H31N3OS2. The fraction of sp³-hybridized carbons (Fsp3) is 0.417. The summed E-state index contributed by atoms with van der Waals surface area (Å²) in [6.45, 7) is 12.1. The van der Waals surface area contributed by atoms with Crippen LogP contribution < -0.4 is 4.90 Å². The van der Waals surface area contributed by atoms with Crippen molar-refractivity contribution in [2.24, 2.45) is 0 Å². The van der Waals surface area contributed by atoms with Crippen molar-refractivity contribution in [2.45, 2.75) is 39.0 Å². The first kappa shape index (κ1) is 22.8. The van der Waals surface area contributed by atoms with Crippen molar-refractivity contribution >= 4 is 44.4 Å². The van der Waals surface area contributed by atoms with Crippen LogP contribution in [0.25, 0.3) is 10.2 Å². The van der Waals surface area contributed by atoms with E-state index in [0.29, 0.717) is 13.0 Å². The van der Waals surface area contributed by atoms with E-state index in [1.54, 1.807) is 23.1 Å². The lowest BCUT2D eigenvalue weighted by molar-refractivity contribution is -0.118. The number of hydrogen-bond donors (Lipinski definition) is 0. The minimum atomic E-state index is 0.151. The minimum absolute atomic E-state index is 0.151. The fourth-order valence-electron chi connectivity index (χ4n) is 3.30. The zero-order valence-corrected chi connectivity index (χ0v) is 20.0. The second kappa shape index (κ2) is 10.9. The summed E-state index contributed by atoms with van der Waals surface area (Å²) >= 11 is 3.35. The molecule has 30 heavy (non-hydrogen) atoms. The standard InChI is InChI=1S/C24H31N3OS2/c1-5-26(6-2)13-14-27(23(28)12-15-29-20-10-8-7-9-11-20)24-25-21-16-18(3)19(4)17-22(21)30-24/h7-11,16-17H,5-6,12-15H2,1-4H3. The van der Waals surface area contributed by atoms with Gasteiger partial charge in [0.15, 0.2) is 5.13 Å². The number of carbonyl (C=O) groups excluding carboxylic acids is 1. The molecule has 4 nitrogen and oxygen atoms in total. The molecule has 0 bridgehead atoms. The highest BCUT2D eigenvalue weighted by molar-refractivity contribution is 7.99. The summed E-state index contributed by atoms with van der Waals surface area (Å²) in [6, 6.07) is 14.6. The van der Waals surface area contributed by atoms with E-state index in [1.165, 1.54) is 16.0 Å². The lowest BCUT2D eigenvalue weighted by atomic mass is 10.1. The lowest BCUT2D eigenvalue weighted by Gasteiger charge is -2.24. The Labute approximate surface area is 188 Å². The number of fused-ring (bicyclic) bond motifs is 1. The molecule has 3 rings (SSSR count). The molecule has 1 aromatic heterocycles. The molecule has 2 aromatic carbocycles. The van der Waals surface area contributed by atoms with Crippen LogP contribution in [0.1, 0.15) is 31.4 Å². The molecule has 1 amide bonds. The summed E-state index contributed by atoms with van der Waals surface area (Å²) in [4.78, 5) is 23.5. The summed E-state index contributed by atoms with van der Waals surface area (Å²) in [5.41, 5.74) is 3.48. The molecule has 0 aliphatic rings. The molecule has 0 aliphatic heterocycles. The van der Waals surface area contributed by atoms with Crippen LogP contribution in [0.2, 0.25) is 0 Å². The maximum Gasteiger partial charge on any atom is 0.229 e. The molecule has 1 heterocycles. The third kappa shape index (κ3) is 5.84. The van der Waals surface area contributed by atoms with Gasteiger partial charge in [0.2, 0.25) is 5.91 Å². The van der Waals surface area contributed by atoms with Crippen molar-refractivity contribution in [3.05, 3.63) is 53.6 Å². The van der Waals surface area contributed by atoms with Crippen molar-refractivity contribution in [2.75, 3.05) is 36.8 Å². The molecule has 3 aromatic rings.